The number of nitrogens with one attached hydrogen (secondary N) is 1. The van der Waals surface area contributed by atoms with Gasteiger partial charge in [-0.15, -0.1) is 0 Å². The first-order chi connectivity index (χ1) is 10.6. The van der Waals surface area contributed by atoms with Gasteiger partial charge in [-0.05, 0) is 31.4 Å². The van der Waals surface area contributed by atoms with Crippen LogP contribution in [0.15, 0.2) is 42.7 Å². The summed E-state index contributed by atoms with van der Waals surface area (Å²) in [6, 6.07) is 10.2. The first-order valence-electron chi connectivity index (χ1n) is 7.78. The van der Waals surface area contributed by atoms with E-state index in [1.54, 1.807) is 0 Å². The van der Waals surface area contributed by atoms with Gasteiger partial charge in [0.15, 0.2) is 0 Å². The third-order valence-corrected chi connectivity index (χ3v) is 4.01. The molecule has 0 saturated carbocycles. The molecule has 0 unspecified atom stereocenters. The Labute approximate surface area is 131 Å². The number of aromatic amines is 1. The van der Waals surface area contributed by atoms with Gasteiger partial charge in [-0.25, -0.2) is 0 Å². The molecule has 116 valence electrons. The summed E-state index contributed by atoms with van der Waals surface area (Å²) in [4.78, 5) is 17.8. The van der Waals surface area contributed by atoms with Crippen molar-refractivity contribution in [2.75, 3.05) is 13.1 Å². The van der Waals surface area contributed by atoms with Crippen LogP contribution >= 0.6 is 0 Å². The first kappa shape index (κ1) is 14.9. The van der Waals surface area contributed by atoms with E-state index in [1.807, 2.05) is 49.3 Å². The van der Waals surface area contributed by atoms with Gasteiger partial charge in [0, 0.05) is 25.5 Å². The maximum atomic E-state index is 12.8. The topological polar surface area (TPSA) is 45.3 Å². The van der Waals surface area contributed by atoms with Crippen LogP contribution in [-0.2, 0) is 11.2 Å². The van der Waals surface area contributed by atoms with Gasteiger partial charge in [0.05, 0.1) is 17.8 Å². The van der Waals surface area contributed by atoms with Crippen molar-refractivity contribution in [1.29, 1.82) is 0 Å². The van der Waals surface area contributed by atoms with Crippen LogP contribution in [0, 0.1) is 0 Å². The highest BCUT2D eigenvalue weighted by molar-refractivity contribution is 5.95. The number of rotatable bonds is 3. The average Bonchev–Trinajstić information content (AvgIpc) is 2.94. The maximum Gasteiger partial charge on any atom is 0.255 e. The van der Waals surface area contributed by atoms with Crippen molar-refractivity contribution in [3.63, 3.8) is 0 Å². The van der Waals surface area contributed by atoms with Gasteiger partial charge >= 0.3 is 0 Å². The lowest BCUT2D eigenvalue weighted by atomic mass is 10.0. The number of carbonyl (C=O) groups is 1. The molecule has 0 radical (unpaired) electrons. The molecule has 1 saturated heterocycles. The number of benzene rings is 1. The van der Waals surface area contributed by atoms with E-state index >= 15 is 0 Å². The average molecular weight is 298 g/mol. The van der Waals surface area contributed by atoms with Gasteiger partial charge in [-0.1, -0.05) is 30.3 Å². The molecule has 0 spiro atoms. The Morgan fingerprint density at radius 3 is 2.55 bits per heavy atom. The molecule has 1 N–H and O–H groups in total. The van der Waals surface area contributed by atoms with E-state index in [2.05, 4.69) is 17.1 Å². The smallest absolute Gasteiger partial charge is 0.255 e. The minimum atomic E-state index is 0.0872. The fourth-order valence-corrected chi connectivity index (χ4v) is 3.07. The number of nitrogens with zero attached hydrogens (tertiary/aromatic N) is 1. The number of carbonyl (C=O) groups excluding carboxylic acids is 1. The summed E-state index contributed by atoms with van der Waals surface area (Å²) in [6.45, 7) is 5.33. The molecule has 0 bridgehead atoms. The molecular formula is C18H22N2O2. The van der Waals surface area contributed by atoms with E-state index in [0.29, 0.717) is 13.1 Å². The predicted octanol–water partition coefficient (Wildman–Crippen LogP) is 2.85. The Hall–Kier alpha value is -2.07. The van der Waals surface area contributed by atoms with Crippen LogP contribution in [0.4, 0.5) is 0 Å². The molecule has 1 amide bonds. The van der Waals surface area contributed by atoms with E-state index in [-0.39, 0.29) is 18.1 Å². The van der Waals surface area contributed by atoms with Crippen LogP contribution in [0.3, 0.4) is 0 Å². The highest BCUT2D eigenvalue weighted by atomic mass is 16.5. The largest absolute Gasteiger partial charge is 0.372 e. The summed E-state index contributed by atoms with van der Waals surface area (Å²) in [5.41, 5.74) is 3.02. The summed E-state index contributed by atoms with van der Waals surface area (Å²) < 4.78 is 5.71. The molecule has 2 atom stereocenters. The molecule has 2 heterocycles. The van der Waals surface area contributed by atoms with Crippen LogP contribution in [0.2, 0.25) is 0 Å². The van der Waals surface area contributed by atoms with E-state index in [0.717, 1.165) is 17.5 Å². The molecule has 4 heteroatoms. The van der Waals surface area contributed by atoms with Gasteiger partial charge in [0.2, 0.25) is 0 Å². The second-order valence-electron chi connectivity index (χ2n) is 6.02. The second-order valence-corrected chi connectivity index (χ2v) is 6.02. The summed E-state index contributed by atoms with van der Waals surface area (Å²) in [6.07, 6.45) is 4.67. The monoisotopic (exact) mass is 298 g/mol. The van der Waals surface area contributed by atoms with E-state index in [1.165, 1.54) is 5.56 Å². The molecule has 4 nitrogen and oxygen atoms in total. The van der Waals surface area contributed by atoms with Crippen molar-refractivity contribution in [3.05, 3.63) is 59.4 Å². The zero-order valence-electron chi connectivity index (χ0n) is 13.1. The Bertz CT molecular complexity index is 626. The molecule has 2 aromatic rings. The lowest BCUT2D eigenvalue weighted by Crippen LogP contribution is -2.48. The van der Waals surface area contributed by atoms with E-state index in [4.69, 9.17) is 4.74 Å². The highest BCUT2D eigenvalue weighted by Crippen LogP contribution is 2.19. The van der Waals surface area contributed by atoms with Gasteiger partial charge < -0.3 is 14.6 Å². The van der Waals surface area contributed by atoms with Gasteiger partial charge in [0.25, 0.3) is 5.91 Å². The number of morpholine rings is 1. The number of aromatic nitrogens is 1. The molecular weight excluding hydrogens is 276 g/mol. The van der Waals surface area contributed by atoms with Crippen LogP contribution in [-0.4, -0.2) is 41.1 Å². The van der Waals surface area contributed by atoms with Gasteiger partial charge in [0.1, 0.15) is 0 Å². The summed E-state index contributed by atoms with van der Waals surface area (Å²) in [5, 5.41) is 0. The Morgan fingerprint density at radius 1 is 1.18 bits per heavy atom. The number of hydrogen-bond acceptors (Lipinski definition) is 2. The normalized spacial score (nSPS) is 21.8. The summed E-state index contributed by atoms with van der Waals surface area (Å²) in [7, 11) is 0. The van der Waals surface area contributed by atoms with E-state index < -0.39 is 0 Å². The molecule has 1 aliphatic rings. The van der Waals surface area contributed by atoms with Crippen molar-refractivity contribution >= 4 is 5.91 Å². The van der Waals surface area contributed by atoms with E-state index in [9.17, 15) is 4.79 Å². The fraction of sp³-hybridized carbons (Fsp3) is 0.389. The SMILES string of the molecule is C[C@@H]1CN(C(=O)c2c[nH]cc2Cc2ccccc2)C[C@H](C)O1. The summed E-state index contributed by atoms with van der Waals surface area (Å²) >= 11 is 0. The molecule has 22 heavy (non-hydrogen) atoms. The highest BCUT2D eigenvalue weighted by Gasteiger charge is 2.28. The number of hydrogen-bond donors (Lipinski definition) is 1. The molecule has 1 aromatic heterocycles. The third-order valence-electron chi connectivity index (χ3n) is 4.01. The summed E-state index contributed by atoms with van der Waals surface area (Å²) in [5.74, 6) is 0.0918. The lowest BCUT2D eigenvalue weighted by Gasteiger charge is -2.35. The number of amides is 1. The Balaban J connectivity index is 1.77. The van der Waals surface area contributed by atoms with Crippen LogP contribution in [0.1, 0.15) is 35.3 Å². The minimum absolute atomic E-state index is 0.0872. The fourth-order valence-electron chi connectivity index (χ4n) is 3.07. The van der Waals surface area contributed by atoms with Crippen LogP contribution < -0.4 is 0 Å². The van der Waals surface area contributed by atoms with Crippen molar-refractivity contribution in [3.8, 4) is 0 Å². The lowest BCUT2D eigenvalue weighted by molar-refractivity contribution is -0.0586. The second kappa shape index (κ2) is 6.36. The predicted molar refractivity (Wildman–Crippen MR) is 86.0 cm³/mol. The Morgan fingerprint density at radius 2 is 1.86 bits per heavy atom. The zero-order valence-corrected chi connectivity index (χ0v) is 13.1. The number of H-pyrrole nitrogens is 1. The number of ether oxygens (including phenoxy) is 1. The molecule has 1 fully saturated rings. The maximum absolute atomic E-state index is 12.8. The molecule has 3 rings (SSSR count). The van der Waals surface area contributed by atoms with Gasteiger partial charge in [-0.2, -0.15) is 0 Å². The quantitative estimate of drug-likeness (QED) is 0.947. The molecule has 1 aromatic carbocycles. The van der Waals surface area contributed by atoms with Gasteiger partial charge in [-0.3, -0.25) is 4.79 Å². The first-order valence-corrected chi connectivity index (χ1v) is 7.78. The van der Waals surface area contributed by atoms with Crippen LogP contribution in [0.25, 0.3) is 0 Å². The standard InChI is InChI=1S/C18H22N2O2/c1-13-11-20(12-14(2)22-13)18(21)17-10-19-9-16(17)8-15-6-4-3-5-7-15/h3-7,9-10,13-14,19H,8,11-12H2,1-2H3/t13-,14+. The van der Waals surface area contributed by atoms with Crippen LogP contribution in [0.5, 0.6) is 0 Å². The van der Waals surface area contributed by atoms with Crippen molar-refractivity contribution in [1.82, 2.24) is 9.88 Å². The third kappa shape index (κ3) is 3.22. The molecule has 1 aliphatic heterocycles. The minimum Gasteiger partial charge on any atom is -0.372 e. The Kier molecular flexibility index (Phi) is 4.29. The zero-order chi connectivity index (χ0) is 15.5. The van der Waals surface area contributed by atoms with Crippen molar-refractivity contribution in [2.24, 2.45) is 0 Å². The van der Waals surface area contributed by atoms with Crippen molar-refractivity contribution < 1.29 is 9.53 Å². The molecule has 0 aliphatic carbocycles. The van der Waals surface area contributed by atoms with Crippen molar-refractivity contribution in [2.45, 2.75) is 32.5 Å².